The average molecular weight is 306 g/mol. The number of rotatable bonds is 3. The van der Waals surface area contributed by atoms with Gasteiger partial charge in [0.2, 0.25) is 0 Å². The van der Waals surface area contributed by atoms with Gasteiger partial charge in [0.1, 0.15) is 0 Å². The number of halogens is 1. The first-order chi connectivity index (χ1) is 8.70. The van der Waals surface area contributed by atoms with Gasteiger partial charge in [0.15, 0.2) is 0 Å². The minimum Gasteiger partial charge on any atom is -0.398 e. The number of aromatic nitrogens is 1. The summed E-state index contributed by atoms with van der Waals surface area (Å²) in [6.07, 6.45) is 4.42. The Hall–Kier alpha value is -1.29. The highest BCUT2D eigenvalue weighted by Gasteiger charge is 2.29. The summed E-state index contributed by atoms with van der Waals surface area (Å²) in [6, 6.07) is 6.81. The molecular formula is C14H16BrN3. The number of nitrogen functional groups attached to an aromatic ring is 1. The van der Waals surface area contributed by atoms with Crippen molar-refractivity contribution in [1.29, 1.82) is 0 Å². The van der Waals surface area contributed by atoms with Crippen LogP contribution in [0.15, 0.2) is 28.9 Å². The van der Waals surface area contributed by atoms with E-state index in [4.69, 9.17) is 5.73 Å². The number of nitrogens with two attached hydrogens (primary N) is 1. The molecule has 1 heterocycles. The molecule has 3 rings (SSSR count). The highest BCUT2D eigenvalue weighted by molar-refractivity contribution is 9.10. The van der Waals surface area contributed by atoms with E-state index in [1.54, 1.807) is 0 Å². The Kier molecular flexibility index (Phi) is 2.90. The predicted octanol–water partition coefficient (Wildman–Crippen LogP) is 3.57. The molecule has 1 aliphatic rings. The first-order valence-electron chi connectivity index (χ1n) is 6.31. The fourth-order valence-electron chi connectivity index (χ4n) is 2.44. The van der Waals surface area contributed by atoms with Gasteiger partial charge < -0.3 is 10.6 Å². The number of anilines is 2. The van der Waals surface area contributed by atoms with Crippen LogP contribution in [0.4, 0.5) is 11.4 Å². The van der Waals surface area contributed by atoms with Crippen LogP contribution in [0.1, 0.15) is 19.8 Å². The van der Waals surface area contributed by atoms with E-state index in [1.807, 2.05) is 18.3 Å². The molecule has 0 atom stereocenters. The van der Waals surface area contributed by atoms with Crippen LogP contribution in [0.5, 0.6) is 0 Å². The Morgan fingerprint density at radius 3 is 2.89 bits per heavy atom. The molecule has 0 radical (unpaired) electrons. The van der Waals surface area contributed by atoms with Gasteiger partial charge in [-0.1, -0.05) is 0 Å². The fourth-order valence-corrected chi connectivity index (χ4v) is 2.78. The van der Waals surface area contributed by atoms with Crippen LogP contribution in [0, 0.1) is 0 Å². The van der Waals surface area contributed by atoms with Crippen molar-refractivity contribution in [2.45, 2.75) is 25.8 Å². The molecule has 3 nitrogen and oxygen atoms in total. The van der Waals surface area contributed by atoms with Gasteiger partial charge in [-0.05, 0) is 53.9 Å². The lowest BCUT2D eigenvalue weighted by atomic mass is 10.1. The van der Waals surface area contributed by atoms with Gasteiger partial charge in [-0.15, -0.1) is 0 Å². The van der Waals surface area contributed by atoms with Crippen molar-refractivity contribution in [3.63, 3.8) is 0 Å². The largest absolute Gasteiger partial charge is 0.398 e. The highest BCUT2D eigenvalue weighted by Crippen LogP contribution is 2.37. The summed E-state index contributed by atoms with van der Waals surface area (Å²) in [4.78, 5) is 6.99. The zero-order valence-electron chi connectivity index (χ0n) is 10.4. The standard InChI is InChI=1S/C14H16BrN3/c1-2-18(10-3-4-10)13-6-5-12(16)11-7-9(15)8-17-14(11)13/h5-8,10H,2-4,16H2,1H3. The normalized spacial score (nSPS) is 15.0. The minimum absolute atomic E-state index is 0.687. The van der Waals surface area contributed by atoms with E-state index in [9.17, 15) is 0 Å². The van der Waals surface area contributed by atoms with Gasteiger partial charge in [-0.25, -0.2) is 0 Å². The average Bonchev–Trinajstić information content (AvgIpc) is 3.18. The van der Waals surface area contributed by atoms with Crippen LogP contribution in [-0.2, 0) is 0 Å². The van der Waals surface area contributed by atoms with Gasteiger partial charge in [0.05, 0.1) is 11.2 Å². The molecule has 4 heteroatoms. The summed E-state index contributed by atoms with van der Waals surface area (Å²) in [5, 5.41) is 1.03. The quantitative estimate of drug-likeness (QED) is 0.882. The topological polar surface area (TPSA) is 42.1 Å². The monoisotopic (exact) mass is 305 g/mol. The number of pyridine rings is 1. The van der Waals surface area contributed by atoms with Crippen molar-refractivity contribution >= 4 is 38.2 Å². The second kappa shape index (κ2) is 4.43. The van der Waals surface area contributed by atoms with E-state index < -0.39 is 0 Å². The van der Waals surface area contributed by atoms with Crippen LogP contribution in [0.25, 0.3) is 10.9 Å². The molecule has 1 aliphatic carbocycles. The smallest absolute Gasteiger partial charge is 0.0956 e. The lowest BCUT2D eigenvalue weighted by molar-refractivity contribution is 0.829. The molecule has 0 bridgehead atoms. The molecule has 94 valence electrons. The Balaban J connectivity index is 2.20. The van der Waals surface area contributed by atoms with Gasteiger partial charge in [0, 0.05) is 34.3 Å². The molecule has 2 aromatic rings. The Morgan fingerprint density at radius 1 is 1.44 bits per heavy atom. The second-order valence-electron chi connectivity index (χ2n) is 4.74. The lowest BCUT2D eigenvalue weighted by Gasteiger charge is -2.24. The number of nitrogens with zero attached hydrogens (tertiary/aromatic N) is 2. The molecule has 0 amide bonds. The highest BCUT2D eigenvalue weighted by atomic mass is 79.9. The molecule has 1 aromatic heterocycles. The van der Waals surface area contributed by atoms with Gasteiger partial charge in [0.25, 0.3) is 0 Å². The third kappa shape index (κ3) is 1.94. The van der Waals surface area contributed by atoms with Crippen LogP contribution >= 0.6 is 15.9 Å². The second-order valence-corrected chi connectivity index (χ2v) is 5.66. The molecular weight excluding hydrogens is 290 g/mol. The number of fused-ring (bicyclic) bond motifs is 1. The first-order valence-corrected chi connectivity index (χ1v) is 7.10. The summed E-state index contributed by atoms with van der Waals surface area (Å²) < 4.78 is 0.966. The van der Waals surface area contributed by atoms with E-state index >= 15 is 0 Å². The molecule has 0 aliphatic heterocycles. The van der Waals surface area contributed by atoms with Crippen molar-refractivity contribution in [3.8, 4) is 0 Å². The van der Waals surface area contributed by atoms with Crippen LogP contribution in [0.3, 0.4) is 0 Å². The predicted molar refractivity (Wildman–Crippen MR) is 79.9 cm³/mol. The van der Waals surface area contributed by atoms with E-state index in [2.05, 4.69) is 38.8 Å². The Bertz CT molecular complexity index is 593. The van der Waals surface area contributed by atoms with Gasteiger partial charge in [-0.3, -0.25) is 4.98 Å². The van der Waals surface area contributed by atoms with E-state index in [0.29, 0.717) is 6.04 Å². The SMILES string of the molecule is CCN(c1ccc(N)c2cc(Br)cnc12)C1CC1. The van der Waals surface area contributed by atoms with Crippen LogP contribution in [0.2, 0.25) is 0 Å². The molecule has 18 heavy (non-hydrogen) atoms. The lowest BCUT2D eigenvalue weighted by Crippen LogP contribution is -2.25. The van der Waals surface area contributed by atoms with E-state index in [0.717, 1.165) is 27.6 Å². The number of hydrogen-bond acceptors (Lipinski definition) is 3. The summed E-state index contributed by atoms with van der Waals surface area (Å²) in [5.41, 5.74) is 9.05. The number of hydrogen-bond donors (Lipinski definition) is 1. The van der Waals surface area contributed by atoms with Gasteiger partial charge >= 0.3 is 0 Å². The van der Waals surface area contributed by atoms with E-state index in [1.165, 1.54) is 18.5 Å². The molecule has 1 aromatic carbocycles. The minimum atomic E-state index is 0.687. The van der Waals surface area contributed by atoms with Crippen molar-refractivity contribution < 1.29 is 0 Å². The Labute approximate surface area is 115 Å². The molecule has 0 unspecified atom stereocenters. The zero-order chi connectivity index (χ0) is 12.7. The Morgan fingerprint density at radius 2 is 2.22 bits per heavy atom. The molecule has 2 N–H and O–H groups in total. The summed E-state index contributed by atoms with van der Waals surface area (Å²) >= 11 is 3.45. The van der Waals surface area contributed by atoms with Crippen molar-refractivity contribution in [3.05, 3.63) is 28.9 Å². The summed E-state index contributed by atoms with van der Waals surface area (Å²) in [7, 11) is 0. The molecule has 0 saturated heterocycles. The van der Waals surface area contributed by atoms with Crippen molar-refractivity contribution in [1.82, 2.24) is 4.98 Å². The number of benzene rings is 1. The molecule has 0 spiro atoms. The maximum absolute atomic E-state index is 6.05. The van der Waals surface area contributed by atoms with Crippen LogP contribution < -0.4 is 10.6 Å². The third-order valence-electron chi connectivity index (χ3n) is 3.47. The van der Waals surface area contributed by atoms with Crippen molar-refractivity contribution in [2.75, 3.05) is 17.2 Å². The summed E-state index contributed by atoms with van der Waals surface area (Å²) in [5.74, 6) is 0. The van der Waals surface area contributed by atoms with Crippen LogP contribution in [-0.4, -0.2) is 17.6 Å². The van der Waals surface area contributed by atoms with E-state index in [-0.39, 0.29) is 0 Å². The maximum atomic E-state index is 6.05. The zero-order valence-corrected chi connectivity index (χ0v) is 11.9. The fraction of sp³-hybridized carbons (Fsp3) is 0.357. The molecule has 1 fully saturated rings. The maximum Gasteiger partial charge on any atom is 0.0956 e. The summed E-state index contributed by atoms with van der Waals surface area (Å²) in [6.45, 7) is 3.21. The van der Waals surface area contributed by atoms with Gasteiger partial charge in [-0.2, -0.15) is 0 Å². The van der Waals surface area contributed by atoms with Crippen molar-refractivity contribution in [2.24, 2.45) is 0 Å². The third-order valence-corrected chi connectivity index (χ3v) is 3.90. The molecule has 1 saturated carbocycles. The first kappa shape index (κ1) is 11.8.